The third-order valence-electron chi connectivity index (χ3n) is 8.00. The van der Waals surface area contributed by atoms with Crippen LogP contribution >= 0.6 is 11.6 Å². The Balaban J connectivity index is 1.47. The number of halogens is 2. The molecule has 2 aliphatic heterocycles. The number of aromatic amines is 1. The summed E-state index contributed by atoms with van der Waals surface area (Å²) in [5, 5.41) is 18.1. The summed E-state index contributed by atoms with van der Waals surface area (Å²) in [5.74, 6) is -0.170. The highest BCUT2D eigenvalue weighted by molar-refractivity contribution is 6.33. The molecule has 0 bridgehead atoms. The van der Waals surface area contributed by atoms with E-state index in [1.54, 1.807) is 17.0 Å². The van der Waals surface area contributed by atoms with Crippen LogP contribution in [-0.4, -0.2) is 83.3 Å². The number of benzene rings is 2. The molecule has 10 nitrogen and oxygen atoms in total. The molecule has 42 heavy (non-hydrogen) atoms. The van der Waals surface area contributed by atoms with Gasteiger partial charge in [0, 0.05) is 43.7 Å². The predicted octanol–water partition coefficient (Wildman–Crippen LogP) is 4.88. The van der Waals surface area contributed by atoms with Crippen LogP contribution in [0.3, 0.4) is 0 Å². The van der Waals surface area contributed by atoms with Crippen molar-refractivity contribution in [1.29, 1.82) is 5.26 Å². The summed E-state index contributed by atoms with van der Waals surface area (Å²) < 4.78 is 27.2. The molecule has 0 aliphatic carbocycles. The summed E-state index contributed by atoms with van der Waals surface area (Å²) >= 11 is 6.37. The predicted molar refractivity (Wildman–Crippen MR) is 158 cm³/mol. The second kappa shape index (κ2) is 11.5. The Kier molecular flexibility index (Phi) is 7.58. The Morgan fingerprint density at radius 2 is 2.10 bits per heavy atom. The lowest BCUT2D eigenvalue weighted by Gasteiger charge is -2.36. The molecule has 0 spiro atoms. The number of aromatic nitrogens is 3. The van der Waals surface area contributed by atoms with E-state index >= 15 is 0 Å². The summed E-state index contributed by atoms with van der Waals surface area (Å²) in [6.45, 7) is 6.88. The number of H-pyrrole nitrogens is 1. The number of fused-ring (bicyclic) bond motifs is 2. The van der Waals surface area contributed by atoms with Crippen LogP contribution in [0.15, 0.2) is 43.1 Å². The van der Waals surface area contributed by atoms with Gasteiger partial charge >= 0.3 is 0 Å². The van der Waals surface area contributed by atoms with E-state index in [2.05, 4.69) is 39.7 Å². The van der Waals surface area contributed by atoms with Gasteiger partial charge in [-0.05, 0) is 38.6 Å². The molecule has 4 heterocycles. The summed E-state index contributed by atoms with van der Waals surface area (Å²) in [6, 6.07) is 9.16. The number of carbonyl (C=O) groups excluding carboxylic acids is 1. The molecule has 2 fully saturated rings. The van der Waals surface area contributed by atoms with Gasteiger partial charge in [0.2, 0.25) is 11.8 Å². The van der Waals surface area contributed by atoms with Crippen molar-refractivity contribution in [2.24, 2.45) is 0 Å². The first kappa shape index (κ1) is 27.8. The van der Waals surface area contributed by atoms with Crippen LogP contribution in [0.5, 0.6) is 17.4 Å². The average molecular weight is 590 g/mol. The van der Waals surface area contributed by atoms with Crippen LogP contribution in [0, 0.1) is 17.1 Å². The number of likely N-dealkylation sites (tertiary alicyclic amines) is 1. The van der Waals surface area contributed by atoms with Gasteiger partial charge in [-0.25, -0.2) is 9.37 Å². The minimum Gasteiger partial charge on any atom is -0.475 e. The molecule has 6 rings (SSSR count). The van der Waals surface area contributed by atoms with Crippen molar-refractivity contribution in [3.8, 4) is 23.4 Å². The molecule has 1 unspecified atom stereocenters. The normalized spacial score (nSPS) is 17.5. The minimum atomic E-state index is -0.652. The molecule has 2 aromatic carbocycles. The van der Waals surface area contributed by atoms with E-state index in [9.17, 15) is 14.4 Å². The highest BCUT2D eigenvalue weighted by atomic mass is 35.5. The van der Waals surface area contributed by atoms with Gasteiger partial charge in [0.05, 0.1) is 22.8 Å². The summed E-state index contributed by atoms with van der Waals surface area (Å²) in [6.07, 6.45) is 4.90. The van der Waals surface area contributed by atoms with Gasteiger partial charge in [0.25, 0.3) is 0 Å². The third kappa shape index (κ3) is 4.97. The SMILES string of the molecule is C=CC(=O)N1CCN(c2c(C#N)c(OCC3CCCN3C)nc3c(Oc4c(Cl)c(F)cc5[nH]ncc45)cccc23)CC1. The van der Waals surface area contributed by atoms with Gasteiger partial charge in [-0.3, -0.25) is 9.89 Å². The largest absolute Gasteiger partial charge is 0.475 e. The molecule has 2 aromatic heterocycles. The number of nitriles is 1. The topological polar surface area (TPSA) is 111 Å². The number of para-hydroxylation sites is 1. The Bertz CT molecular complexity index is 1730. The van der Waals surface area contributed by atoms with Crippen molar-refractivity contribution in [1.82, 2.24) is 25.0 Å². The molecule has 1 amide bonds. The fourth-order valence-corrected chi connectivity index (χ4v) is 5.89. The molecule has 2 saturated heterocycles. The summed E-state index contributed by atoms with van der Waals surface area (Å²) in [4.78, 5) is 23.1. The van der Waals surface area contributed by atoms with Gasteiger partial charge < -0.3 is 24.2 Å². The van der Waals surface area contributed by atoms with Crippen molar-refractivity contribution in [2.75, 3.05) is 51.3 Å². The molecule has 0 saturated carbocycles. The van der Waals surface area contributed by atoms with E-state index in [0.29, 0.717) is 71.6 Å². The van der Waals surface area contributed by atoms with Gasteiger partial charge in [-0.15, -0.1) is 0 Å². The Hall–Kier alpha value is -4.40. The van der Waals surface area contributed by atoms with Gasteiger partial charge in [0.15, 0.2) is 11.5 Å². The second-order valence-electron chi connectivity index (χ2n) is 10.4. The van der Waals surface area contributed by atoms with Crippen LogP contribution in [0.1, 0.15) is 18.4 Å². The zero-order valence-corrected chi connectivity index (χ0v) is 23.8. The number of ether oxygens (including phenoxy) is 2. The zero-order chi connectivity index (χ0) is 29.4. The van der Waals surface area contributed by atoms with E-state index in [4.69, 9.17) is 26.1 Å². The molecule has 2 aliphatic rings. The summed E-state index contributed by atoms with van der Waals surface area (Å²) in [5.41, 5.74) is 1.82. The van der Waals surface area contributed by atoms with Crippen LogP contribution < -0.4 is 14.4 Å². The fraction of sp³-hybridized carbons (Fsp3) is 0.333. The van der Waals surface area contributed by atoms with Crippen molar-refractivity contribution in [3.05, 3.63) is 59.5 Å². The number of nitrogens with zero attached hydrogens (tertiary/aromatic N) is 6. The molecular formula is C30H29ClFN7O3. The minimum absolute atomic E-state index is 0.104. The molecule has 1 N–H and O–H groups in total. The first-order valence-corrected chi connectivity index (χ1v) is 14.1. The van der Waals surface area contributed by atoms with Crippen LogP contribution in [0.4, 0.5) is 10.1 Å². The number of anilines is 1. The number of nitrogens with one attached hydrogen (secondary N) is 1. The molecule has 4 aromatic rings. The van der Waals surface area contributed by atoms with E-state index in [-0.39, 0.29) is 28.6 Å². The van der Waals surface area contributed by atoms with Crippen molar-refractivity contribution in [3.63, 3.8) is 0 Å². The lowest BCUT2D eigenvalue weighted by Crippen LogP contribution is -2.48. The fourth-order valence-electron chi connectivity index (χ4n) is 5.70. The highest BCUT2D eigenvalue weighted by Crippen LogP contribution is 2.43. The van der Waals surface area contributed by atoms with Crippen LogP contribution in [-0.2, 0) is 4.79 Å². The van der Waals surface area contributed by atoms with Crippen molar-refractivity contribution < 1.29 is 18.7 Å². The molecule has 0 radical (unpaired) electrons. The highest BCUT2D eigenvalue weighted by Gasteiger charge is 2.29. The maximum Gasteiger partial charge on any atom is 0.246 e. The lowest BCUT2D eigenvalue weighted by molar-refractivity contribution is -0.126. The first-order chi connectivity index (χ1) is 20.4. The van der Waals surface area contributed by atoms with Crippen molar-refractivity contribution >= 4 is 45.0 Å². The number of hydrogen-bond donors (Lipinski definition) is 1. The van der Waals surface area contributed by atoms with E-state index < -0.39 is 5.82 Å². The number of likely N-dealkylation sites (N-methyl/N-ethyl adjacent to an activating group) is 1. The molecule has 12 heteroatoms. The standard InChI is InChI=1S/C30H29ClFN7O3/c1-3-25(40)38-10-12-39(13-11-38)28-19-7-4-8-24(42-29-21-16-34-36-23(21)14-22(32)26(29)31)27(19)35-30(20(28)15-33)41-17-18-6-5-9-37(18)2/h3-4,7-8,14,16,18H,1,5-6,9-13,17H2,2H3,(H,34,36). The average Bonchev–Trinajstić information content (AvgIpc) is 3.65. The lowest BCUT2D eigenvalue weighted by atomic mass is 10.1. The Morgan fingerprint density at radius 3 is 2.81 bits per heavy atom. The Morgan fingerprint density at radius 1 is 1.29 bits per heavy atom. The number of pyridine rings is 1. The van der Waals surface area contributed by atoms with Crippen LogP contribution in [0.2, 0.25) is 5.02 Å². The van der Waals surface area contributed by atoms with Crippen LogP contribution in [0.25, 0.3) is 21.8 Å². The van der Waals surface area contributed by atoms with Gasteiger partial charge in [0.1, 0.15) is 34.6 Å². The quantitative estimate of drug-likeness (QED) is 0.304. The number of carbonyl (C=O) groups is 1. The first-order valence-electron chi connectivity index (χ1n) is 13.7. The maximum atomic E-state index is 14.7. The number of hydrogen-bond acceptors (Lipinski definition) is 8. The summed E-state index contributed by atoms with van der Waals surface area (Å²) in [7, 11) is 2.06. The van der Waals surface area contributed by atoms with Gasteiger partial charge in [-0.1, -0.05) is 30.3 Å². The zero-order valence-electron chi connectivity index (χ0n) is 23.1. The van der Waals surface area contributed by atoms with E-state index in [1.807, 2.05) is 6.07 Å². The maximum absolute atomic E-state index is 14.7. The van der Waals surface area contributed by atoms with E-state index in [0.717, 1.165) is 19.4 Å². The number of rotatable bonds is 7. The monoisotopic (exact) mass is 589 g/mol. The molecule has 1 atom stereocenters. The number of piperazine rings is 1. The van der Waals surface area contributed by atoms with E-state index in [1.165, 1.54) is 18.3 Å². The van der Waals surface area contributed by atoms with Crippen molar-refractivity contribution in [2.45, 2.75) is 18.9 Å². The number of amides is 1. The van der Waals surface area contributed by atoms with Gasteiger partial charge in [-0.2, -0.15) is 10.4 Å². The molecular weight excluding hydrogens is 561 g/mol. The Labute approximate surface area is 246 Å². The second-order valence-corrected chi connectivity index (χ2v) is 10.8. The smallest absolute Gasteiger partial charge is 0.246 e. The molecule has 216 valence electrons. The third-order valence-corrected chi connectivity index (χ3v) is 8.35.